The Balaban J connectivity index is 3.32. The maximum atomic E-state index is 11.6. The molecule has 0 bridgehead atoms. The quantitative estimate of drug-likeness (QED) is 0.686. The Morgan fingerprint density at radius 2 is 2.21 bits per heavy atom. The van der Waals surface area contributed by atoms with Gasteiger partial charge in [-0.1, -0.05) is 18.5 Å². The van der Waals surface area contributed by atoms with Crippen molar-refractivity contribution in [1.29, 1.82) is 0 Å². The highest BCUT2D eigenvalue weighted by molar-refractivity contribution is 14.1. The first kappa shape index (κ1) is 11.9. The normalized spacial score (nSPS) is 10.3. The molecule has 14 heavy (non-hydrogen) atoms. The lowest BCUT2D eigenvalue weighted by Gasteiger charge is -2.08. The predicted molar refractivity (Wildman–Crippen MR) is 66.7 cm³/mol. The molecule has 0 aliphatic carbocycles. The third-order valence-electron chi connectivity index (χ3n) is 1.96. The van der Waals surface area contributed by atoms with Gasteiger partial charge < -0.3 is 5.73 Å². The number of hydrogen-bond donors (Lipinski definition) is 1. The Hall–Kier alpha value is -0.130. The van der Waals surface area contributed by atoms with E-state index < -0.39 is 0 Å². The fraction of sp³-hybridized carbons (Fsp3) is 0.300. The second kappa shape index (κ2) is 5.09. The van der Waals surface area contributed by atoms with Crippen LogP contribution in [0.3, 0.4) is 0 Å². The Morgan fingerprint density at radius 3 is 2.71 bits per heavy atom. The number of benzene rings is 1. The highest BCUT2D eigenvalue weighted by Gasteiger charge is 2.13. The topological polar surface area (TPSA) is 43.1 Å². The second-order valence-corrected chi connectivity index (χ2v) is 4.56. The van der Waals surface area contributed by atoms with Crippen LogP contribution in [0.1, 0.15) is 29.3 Å². The molecule has 0 spiro atoms. The molecule has 0 unspecified atom stereocenters. The lowest BCUT2D eigenvalue weighted by atomic mass is 10.0. The molecular formula is C10H11ClINO. The van der Waals surface area contributed by atoms with Gasteiger partial charge in [-0.2, -0.15) is 0 Å². The lowest BCUT2D eigenvalue weighted by Crippen LogP contribution is -2.08. The number of Topliss-reactive ketones (excluding diaryl/α,β-unsaturated/α-hetero) is 1. The van der Waals surface area contributed by atoms with Gasteiger partial charge in [-0.25, -0.2) is 0 Å². The summed E-state index contributed by atoms with van der Waals surface area (Å²) in [5.41, 5.74) is 6.97. The van der Waals surface area contributed by atoms with Crippen molar-refractivity contribution in [1.82, 2.24) is 0 Å². The first-order valence-electron chi connectivity index (χ1n) is 4.31. The highest BCUT2D eigenvalue weighted by Crippen LogP contribution is 2.24. The molecule has 76 valence electrons. The zero-order valence-corrected chi connectivity index (χ0v) is 10.7. The molecule has 0 saturated heterocycles. The average molecular weight is 324 g/mol. The third-order valence-corrected chi connectivity index (χ3v) is 2.88. The molecule has 0 aliphatic heterocycles. The molecule has 0 aromatic heterocycles. The predicted octanol–water partition coefficient (Wildman–Crippen LogP) is 3.00. The first-order valence-corrected chi connectivity index (χ1v) is 5.77. The van der Waals surface area contributed by atoms with Gasteiger partial charge in [0.05, 0.1) is 5.02 Å². The maximum Gasteiger partial charge on any atom is 0.164 e. The molecule has 0 radical (unpaired) electrons. The first-order chi connectivity index (χ1) is 6.60. The summed E-state index contributed by atoms with van der Waals surface area (Å²) in [7, 11) is 0. The molecule has 1 rings (SSSR count). The van der Waals surface area contributed by atoms with Gasteiger partial charge >= 0.3 is 0 Å². The van der Waals surface area contributed by atoms with E-state index in [0.29, 0.717) is 23.6 Å². The van der Waals surface area contributed by atoms with E-state index in [1.165, 1.54) is 0 Å². The summed E-state index contributed by atoms with van der Waals surface area (Å²) in [6.07, 6.45) is 0.452. The van der Waals surface area contributed by atoms with Gasteiger partial charge in [0.15, 0.2) is 5.78 Å². The van der Waals surface area contributed by atoms with Crippen LogP contribution >= 0.6 is 34.2 Å². The summed E-state index contributed by atoms with van der Waals surface area (Å²) < 4.78 is 1.00. The molecule has 0 saturated carbocycles. The second-order valence-electron chi connectivity index (χ2n) is 2.90. The van der Waals surface area contributed by atoms with Gasteiger partial charge in [0.2, 0.25) is 0 Å². The van der Waals surface area contributed by atoms with Gasteiger partial charge in [0.25, 0.3) is 0 Å². The van der Waals surface area contributed by atoms with Crippen LogP contribution in [-0.4, -0.2) is 5.78 Å². The summed E-state index contributed by atoms with van der Waals surface area (Å²) in [6, 6.07) is 3.68. The molecule has 0 amide bonds. The number of hydrogen-bond acceptors (Lipinski definition) is 2. The van der Waals surface area contributed by atoms with Crippen molar-refractivity contribution < 1.29 is 4.79 Å². The van der Waals surface area contributed by atoms with E-state index in [9.17, 15) is 4.79 Å². The monoisotopic (exact) mass is 323 g/mol. The summed E-state index contributed by atoms with van der Waals surface area (Å²) in [6.45, 7) is 2.16. The molecule has 1 aromatic rings. The van der Waals surface area contributed by atoms with Crippen molar-refractivity contribution in [2.75, 3.05) is 0 Å². The molecule has 1 aromatic carbocycles. The SMILES string of the molecule is CCC(=O)c1c(Cl)cc(I)cc1CN. The molecule has 2 nitrogen and oxygen atoms in total. The van der Waals surface area contributed by atoms with Crippen molar-refractivity contribution in [2.24, 2.45) is 5.73 Å². The number of carbonyl (C=O) groups is 1. The largest absolute Gasteiger partial charge is 0.326 e. The minimum absolute atomic E-state index is 0.0480. The number of halogens is 2. The maximum absolute atomic E-state index is 11.6. The van der Waals surface area contributed by atoms with Crippen LogP contribution in [0.5, 0.6) is 0 Å². The number of ketones is 1. The van der Waals surface area contributed by atoms with Crippen LogP contribution in [0.15, 0.2) is 12.1 Å². The van der Waals surface area contributed by atoms with E-state index in [1.54, 1.807) is 6.07 Å². The van der Waals surface area contributed by atoms with E-state index in [1.807, 2.05) is 13.0 Å². The summed E-state index contributed by atoms with van der Waals surface area (Å²) in [4.78, 5) is 11.6. The van der Waals surface area contributed by atoms with E-state index in [2.05, 4.69) is 22.6 Å². The molecule has 0 aliphatic rings. The Bertz CT molecular complexity index is 365. The fourth-order valence-electron chi connectivity index (χ4n) is 1.28. The smallest absolute Gasteiger partial charge is 0.164 e. The lowest BCUT2D eigenvalue weighted by molar-refractivity contribution is 0.0987. The number of nitrogens with two attached hydrogens (primary N) is 1. The summed E-state index contributed by atoms with van der Waals surface area (Å²) in [5.74, 6) is 0.0480. The molecular weight excluding hydrogens is 312 g/mol. The zero-order chi connectivity index (χ0) is 10.7. The minimum atomic E-state index is 0.0480. The summed E-state index contributed by atoms with van der Waals surface area (Å²) >= 11 is 8.16. The third kappa shape index (κ3) is 2.46. The number of rotatable bonds is 3. The van der Waals surface area contributed by atoms with Gasteiger partial charge in [0, 0.05) is 22.1 Å². The zero-order valence-electron chi connectivity index (χ0n) is 7.81. The molecule has 0 fully saturated rings. The van der Waals surface area contributed by atoms with Gasteiger partial charge in [-0.3, -0.25) is 4.79 Å². The van der Waals surface area contributed by atoms with Crippen molar-refractivity contribution in [2.45, 2.75) is 19.9 Å². The minimum Gasteiger partial charge on any atom is -0.326 e. The van der Waals surface area contributed by atoms with Crippen LogP contribution < -0.4 is 5.73 Å². The van der Waals surface area contributed by atoms with E-state index >= 15 is 0 Å². The molecule has 2 N–H and O–H groups in total. The number of carbonyl (C=O) groups excluding carboxylic acids is 1. The van der Waals surface area contributed by atoms with Crippen molar-refractivity contribution in [3.05, 3.63) is 31.9 Å². The van der Waals surface area contributed by atoms with E-state index in [4.69, 9.17) is 17.3 Å². The van der Waals surface area contributed by atoms with Crippen molar-refractivity contribution in [3.8, 4) is 0 Å². The van der Waals surface area contributed by atoms with Crippen molar-refractivity contribution >= 4 is 40.0 Å². The highest BCUT2D eigenvalue weighted by atomic mass is 127. The summed E-state index contributed by atoms with van der Waals surface area (Å²) in [5, 5.41) is 0.504. The van der Waals surface area contributed by atoms with Crippen molar-refractivity contribution in [3.63, 3.8) is 0 Å². The standard InChI is InChI=1S/C10H11ClINO/c1-2-9(14)10-6(5-13)3-7(12)4-8(10)11/h3-4H,2,5,13H2,1H3. The Kier molecular flexibility index (Phi) is 4.34. The van der Waals surface area contributed by atoms with Gasteiger partial charge in [0.1, 0.15) is 0 Å². The van der Waals surface area contributed by atoms with Crippen LogP contribution in [-0.2, 0) is 6.54 Å². The average Bonchev–Trinajstić information content (AvgIpc) is 2.15. The molecule has 0 heterocycles. The Morgan fingerprint density at radius 1 is 1.57 bits per heavy atom. The van der Waals surface area contributed by atoms with Crippen LogP contribution in [0, 0.1) is 3.57 Å². The fourth-order valence-corrected chi connectivity index (χ4v) is 2.49. The van der Waals surface area contributed by atoms with Gasteiger partial charge in [-0.05, 0) is 40.3 Å². The Labute approximate surface area is 102 Å². The van der Waals surface area contributed by atoms with E-state index in [0.717, 1.165) is 9.13 Å². The van der Waals surface area contributed by atoms with Crippen LogP contribution in [0.25, 0.3) is 0 Å². The van der Waals surface area contributed by atoms with Crippen LogP contribution in [0.2, 0.25) is 5.02 Å². The van der Waals surface area contributed by atoms with Gasteiger partial charge in [-0.15, -0.1) is 0 Å². The molecule has 0 atom stereocenters. The molecule has 4 heteroatoms. The van der Waals surface area contributed by atoms with E-state index in [-0.39, 0.29) is 5.78 Å². The van der Waals surface area contributed by atoms with Crippen LogP contribution in [0.4, 0.5) is 0 Å².